The van der Waals surface area contributed by atoms with Crippen LogP contribution >= 0.6 is 11.6 Å². The van der Waals surface area contributed by atoms with Gasteiger partial charge in [-0.3, -0.25) is 10.1 Å². The van der Waals surface area contributed by atoms with Gasteiger partial charge in [-0.2, -0.15) is 0 Å². The number of nitrogens with zero attached hydrogens (tertiary/aromatic N) is 1. The van der Waals surface area contributed by atoms with Gasteiger partial charge in [0, 0.05) is 12.1 Å². The summed E-state index contributed by atoms with van der Waals surface area (Å²) in [6.07, 6.45) is 0. The molecule has 1 N–H and O–H groups in total. The fourth-order valence-electron chi connectivity index (χ4n) is 3.58. The van der Waals surface area contributed by atoms with E-state index in [-0.39, 0.29) is 5.91 Å². The number of nitrogens with one attached hydrogen (secondary N) is 1. The molecular formula is C22H19ClN2O. The highest BCUT2D eigenvalue weighted by Gasteiger charge is 2.48. The van der Waals surface area contributed by atoms with Gasteiger partial charge in [0.1, 0.15) is 0 Å². The van der Waals surface area contributed by atoms with Crippen molar-refractivity contribution in [1.29, 1.82) is 0 Å². The molecule has 1 aliphatic heterocycles. The van der Waals surface area contributed by atoms with Gasteiger partial charge < -0.3 is 4.90 Å². The second-order valence-corrected chi connectivity index (χ2v) is 6.98. The van der Waals surface area contributed by atoms with Crippen LogP contribution in [0.3, 0.4) is 0 Å². The molecule has 26 heavy (non-hydrogen) atoms. The Morgan fingerprint density at radius 1 is 0.885 bits per heavy atom. The first-order valence-corrected chi connectivity index (χ1v) is 8.92. The van der Waals surface area contributed by atoms with Gasteiger partial charge in [0.25, 0.3) is 5.91 Å². The largest absolute Gasteiger partial charge is 0.331 e. The molecule has 0 saturated carbocycles. The maximum atomic E-state index is 13.2. The molecule has 1 heterocycles. The predicted octanol–water partition coefficient (Wildman–Crippen LogP) is 4.27. The Kier molecular flexibility index (Phi) is 4.27. The number of benzene rings is 3. The van der Waals surface area contributed by atoms with Crippen LogP contribution in [0.2, 0.25) is 5.02 Å². The van der Waals surface area contributed by atoms with Gasteiger partial charge >= 0.3 is 0 Å². The van der Waals surface area contributed by atoms with E-state index >= 15 is 0 Å². The zero-order chi connectivity index (χ0) is 18.1. The summed E-state index contributed by atoms with van der Waals surface area (Å²) in [5, 5.41) is 4.14. The number of hydrogen-bond acceptors (Lipinski definition) is 2. The molecule has 0 radical (unpaired) electrons. The van der Waals surface area contributed by atoms with Gasteiger partial charge in [-0.05, 0) is 40.5 Å². The number of amides is 1. The molecule has 1 unspecified atom stereocenters. The molecular weight excluding hydrogens is 344 g/mol. The minimum absolute atomic E-state index is 0.0481. The Balaban J connectivity index is 1.88. The fourth-order valence-corrected chi connectivity index (χ4v) is 3.77. The van der Waals surface area contributed by atoms with Crippen LogP contribution in [0.15, 0.2) is 78.9 Å². The first-order valence-electron chi connectivity index (χ1n) is 8.54. The van der Waals surface area contributed by atoms with Crippen molar-refractivity contribution < 1.29 is 4.79 Å². The van der Waals surface area contributed by atoms with Crippen molar-refractivity contribution in [2.24, 2.45) is 0 Å². The van der Waals surface area contributed by atoms with Crippen LogP contribution in [0.4, 0.5) is 0 Å². The number of carbonyl (C=O) groups excluding carboxylic acids is 1. The number of hydrogen-bond donors (Lipinski definition) is 1. The molecule has 0 aliphatic carbocycles. The summed E-state index contributed by atoms with van der Waals surface area (Å²) in [4.78, 5) is 14.9. The van der Waals surface area contributed by atoms with Crippen molar-refractivity contribution in [2.45, 2.75) is 5.54 Å². The predicted molar refractivity (Wildman–Crippen MR) is 105 cm³/mol. The summed E-state index contributed by atoms with van der Waals surface area (Å²) in [5.41, 5.74) is 3.06. The standard InChI is InChI=1S/C22H19ClN2O/c1-25-15-24-22(21(25)26,18-9-3-2-4-10-18)19-11-5-7-16(13-19)17-8-6-12-20(23)14-17/h2-14,24H,15H2,1H3. The quantitative estimate of drug-likeness (QED) is 0.754. The van der Waals surface area contributed by atoms with Gasteiger partial charge in [0.15, 0.2) is 5.54 Å². The molecule has 130 valence electrons. The number of carbonyl (C=O) groups is 1. The third-order valence-electron chi connectivity index (χ3n) is 4.91. The van der Waals surface area contributed by atoms with Gasteiger partial charge in [-0.25, -0.2) is 0 Å². The minimum atomic E-state index is -0.870. The van der Waals surface area contributed by atoms with Gasteiger partial charge in [-0.1, -0.05) is 72.3 Å². The highest BCUT2D eigenvalue weighted by molar-refractivity contribution is 6.30. The summed E-state index contributed by atoms with van der Waals surface area (Å²) in [7, 11) is 1.82. The first-order chi connectivity index (χ1) is 12.6. The van der Waals surface area contributed by atoms with Crippen LogP contribution in [0, 0.1) is 0 Å². The molecule has 0 aromatic heterocycles. The maximum Gasteiger partial charge on any atom is 0.252 e. The summed E-state index contributed by atoms with van der Waals surface area (Å²) in [5.74, 6) is 0.0481. The van der Waals surface area contributed by atoms with Crippen LogP contribution in [0.1, 0.15) is 11.1 Å². The SMILES string of the molecule is CN1CNC(c2ccccc2)(c2cccc(-c3cccc(Cl)c3)c2)C1=O. The maximum absolute atomic E-state index is 13.2. The molecule has 1 saturated heterocycles. The highest BCUT2D eigenvalue weighted by Crippen LogP contribution is 2.36. The molecule has 4 heteroatoms. The lowest BCUT2D eigenvalue weighted by molar-refractivity contribution is -0.130. The van der Waals surface area contributed by atoms with E-state index in [1.165, 1.54) is 0 Å². The molecule has 1 amide bonds. The van der Waals surface area contributed by atoms with E-state index in [1.54, 1.807) is 4.90 Å². The van der Waals surface area contributed by atoms with Crippen LogP contribution in [-0.2, 0) is 10.3 Å². The van der Waals surface area contributed by atoms with Crippen LogP contribution in [0.5, 0.6) is 0 Å². The Hall–Kier alpha value is -2.62. The summed E-state index contributed by atoms with van der Waals surface area (Å²) >= 11 is 6.15. The van der Waals surface area contributed by atoms with E-state index in [9.17, 15) is 4.79 Å². The normalized spacial score (nSPS) is 19.8. The zero-order valence-corrected chi connectivity index (χ0v) is 15.2. The lowest BCUT2D eigenvalue weighted by atomic mass is 9.81. The molecule has 3 aromatic rings. The van der Waals surface area contributed by atoms with Crippen molar-refractivity contribution in [1.82, 2.24) is 10.2 Å². The molecule has 1 atom stereocenters. The minimum Gasteiger partial charge on any atom is -0.331 e. The monoisotopic (exact) mass is 362 g/mol. The Morgan fingerprint density at radius 3 is 2.19 bits per heavy atom. The van der Waals surface area contributed by atoms with Gasteiger partial charge in [0.2, 0.25) is 0 Å². The second-order valence-electron chi connectivity index (χ2n) is 6.55. The van der Waals surface area contributed by atoms with E-state index < -0.39 is 5.54 Å². The Morgan fingerprint density at radius 2 is 1.54 bits per heavy atom. The Bertz CT molecular complexity index is 957. The average molecular weight is 363 g/mol. The third kappa shape index (κ3) is 2.70. The molecule has 0 spiro atoms. The lowest BCUT2D eigenvalue weighted by Crippen LogP contribution is -2.44. The van der Waals surface area contributed by atoms with E-state index in [2.05, 4.69) is 11.4 Å². The van der Waals surface area contributed by atoms with Crippen molar-refractivity contribution in [3.63, 3.8) is 0 Å². The molecule has 1 aliphatic rings. The van der Waals surface area contributed by atoms with Crippen LogP contribution < -0.4 is 5.32 Å². The zero-order valence-electron chi connectivity index (χ0n) is 14.4. The molecule has 1 fully saturated rings. The topological polar surface area (TPSA) is 32.3 Å². The fraction of sp³-hybridized carbons (Fsp3) is 0.136. The molecule has 3 aromatic carbocycles. The van der Waals surface area contributed by atoms with E-state index in [1.807, 2.05) is 79.8 Å². The molecule has 4 rings (SSSR count). The Labute approximate surface area is 158 Å². The van der Waals surface area contributed by atoms with Gasteiger partial charge in [-0.15, -0.1) is 0 Å². The van der Waals surface area contributed by atoms with Gasteiger partial charge in [0.05, 0.1) is 6.67 Å². The van der Waals surface area contributed by atoms with E-state index in [0.29, 0.717) is 11.7 Å². The first kappa shape index (κ1) is 16.8. The van der Waals surface area contributed by atoms with Crippen LogP contribution in [-0.4, -0.2) is 24.5 Å². The average Bonchev–Trinajstić information content (AvgIpc) is 2.99. The number of halogens is 1. The lowest BCUT2D eigenvalue weighted by Gasteiger charge is -2.29. The summed E-state index contributed by atoms with van der Waals surface area (Å²) in [6, 6.07) is 25.7. The number of likely N-dealkylation sites (N-methyl/N-ethyl adjacent to an activating group) is 1. The van der Waals surface area contributed by atoms with Crippen molar-refractivity contribution >= 4 is 17.5 Å². The van der Waals surface area contributed by atoms with E-state index in [4.69, 9.17) is 11.6 Å². The second kappa shape index (κ2) is 6.60. The summed E-state index contributed by atoms with van der Waals surface area (Å²) in [6.45, 7) is 0.509. The van der Waals surface area contributed by atoms with Crippen molar-refractivity contribution in [2.75, 3.05) is 13.7 Å². The molecule has 0 bridgehead atoms. The van der Waals surface area contributed by atoms with E-state index in [0.717, 1.165) is 22.3 Å². The van der Waals surface area contributed by atoms with Crippen molar-refractivity contribution in [3.8, 4) is 11.1 Å². The summed E-state index contributed by atoms with van der Waals surface area (Å²) < 4.78 is 0. The number of rotatable bonds is 3. The third-order valence-corrected chi connectivity index (χ3v) is 5.14. The van der Waals surface area contributed by atoms with Crippen molar-refractivity contribution in [3.05, 3.63) is 95.0 Å². The smallest absolute Gasteiger partial charge is 0.252 e. The van der Waals surface area contributed by atoms with Crippen LogP contribution in [0.25, 0.3) is 11.1 Å². The highest BCUT2D eigenvalue weighted by atomic mass is 35.5. The molecule has 3 nitrogen and oxygen atoms in total.